The highest BCUT2D eigenvalue weighted by Crippen LogP contribution is 2.33. The summed E-state index contributed by atoms with van der Waals surface area (Å²) in [6, 6.07) is 7.04. The third kappa shape index (κ3) is 3.61. The van der Waals surface area contributed by atoms with Crippen molar-refractivity contribution in [2.75, 3.05) is 26.9 Å². The number of fused-ring (bicyclic) bond motifs is 1. The van der Waals surface area contributed by atoms with Crippen molar-refractivity contribution in [3.63, 3.8) is 0 Å². The minimum absolute atomic E-state index is 0.315. The highest BCUT2D eigenvalue weighted by molar-refractivity contribution is 5.45. The molecule has 2 rings (SSSR count). The fraction of sp³-hybridized carbons (Fsp3) is 0.600. The Bertz CT molecular complexity index is 421. The average Bonchev–Trinajstić information content (AvgIpc) is 2.85. The zero-order valence-corrected chi connectivity index (χ0v) is 12.3. The van der Waals surface area contributed by atoms with Crippen LogP contribution in [0.5, 0.6) is 11.5 Å². The Morgan fingerprint density at radius 2 is 1.95 bits per heavy atom. The highest BCUT2D eigenvalue weighted by Gasteiger charge is 2.15. The van der Waals surface area contributed by atoms with Crippen molar-refractivity contribution >= 4 is 0 Å². The lowest BCUT2D eigenvalue weighted by molar-refractivity contribution is 0.174. The molecule has 0 aromatic heterocycles. The summed E-state index contributed by atoms with van der Waals surface area (Å²) in [7, 11) is 2.15. The van der Waals surface area contributed by atoms with Gasteiger partial charge in [-0.05, 0) is 45.5 Å². The molecule has 0 fully saturated rings. The zero-order chi connectivity index (χ0) is 13.8. The molecule has 0 aliphatic carbocycles. The number of nitrogens with zero attached hydrogens (tertiary/aromatic N) is 1. The highest BCUT2D eigenvalue weighted by atomic mass is 16.7. The molecule has 1 N–H and O–H groups in total. The van der Waals surface area contributed by atoms with Crippen LogP contribution in [0.15, 0.2) is 18.2 Å². The van der Waals surface area contributed by atoms with Gasteiger partial charge in [0.2, 0.25) is 6.79 Å². The van der Waals surface area contributed by atoms with Crippen LogP contribution < -0.4 is 14.8 Å². The van der Waals surface area contributed by atoms with E-state index in [0.717, 1.165) is 24.6 Å². The maximum absolute atomic E-state index is 5.41. The van der Waals surface area contributed by atoms with E-state index in [1.165, 1.54) is 5.56 Å². The zero-order valence-electron chi connectivity index (χ0n) is 12.3. The summed E-state index contributed by atoms with van der Waals surface area (Å²) in [5.74, 6) is 1.70. The van der Waals surface area contributed by atoms with Gasteiger partial charge in [-0.3, -0.25) is 0 Å². The van der Waals surface area contributed by atoms with Gasteiger partial charge in [0.1, 0.15) is 0 Å². The van der Waals surface area contributed by atoms with Gasteiger partial charge in [0.05, 0.1) is 0 Å². The predicted molar refractivity (Wildman–Crippen MR) is 76.7 cm³/mol. The van der Waals surface area contributed by atoms with E-state index in [2.05, 4.69) is 50.2 Å². The fourth-order valence-electron chi connectivity index (χ4n) is 2.02. The van der Waals surface area contributed by atoms with E-state index < -0.39 is 0 Å². The number of rotatable bonds is 6. The monoisotopic (exact) mass is 264 g/mol. The van der Waals surface area contributed by atoms with Crippen molar-refractivity contribution in [2.24, 2.45) is 0 Å². The Balaban J connectivity index is 1.84. The van der Waals surface area contributed by atoms with Crippen molar-refractivity contribution in [3.8, 4) is 11.5 Å². The van der Waals surface area contributed by atoms with Gasteiger partial charge in [0.15, 0.2) is 11.5 Å². The summed E-state index contributed by atoms with van der Waals surface area (Å²) in [4.78, 5) is 2.33. The molecule has 1 aliphatic rings. The number of hydrogen-bond donors (Lipinski definition) is 1. The lowest BCUT2D eigenvalue weighted by atomic mass is 10.1. The molecule has 1 aromatic rings. The third-order valence-electron chi connectivity index (χ3n) is 3.69. The van der Waals surface area contributed by atoms with Gasteiger partial charge in [0, 0.05) is 25.2 Å². The van der Waals surface area contributed by atoms with E-state index in [1.54, 1.807) is 0 Å². The molecule has 1 aliphatic heterocycles. The molecule has 0 saturated heterocycles. The molecule has 0 radical (unpaired) electrons. The van der Waals surface area contributed by atoms with Crippen LogP contribution in [0, 0.1) is 0 Å². The second-order valence-electron chi connectivity index (χ2n) is 5.36. The topological polar surface area (TPSA) is 33.7 Å². The lowest BCUT2D eigenvalue weighted by Gasteiger charge is -2.22. The van der Waals surface area contributed by atoms with E-state index in [0.29, 0.717) is 18.9 Å². The molecule has 1 unspecified atom stereocenters. The van der Waals surface area contributed by atoms with Crippen LogP contribution in [-0.4, -0.2) is 37.9 Å². The SMILES string of the molecule is CC(NCCN(C)C(C)C)c1ccc2c(c1)OCO2. The van der Waals surface area contributed by atoms with E-state index in [1.807, 2.05) is 6.07 Å². The standard InChI is InChI=1S/C15H24N2O2/c1-11(2)17(4)8-7-16-12(3)13-5-6-14-15(9-13)19-10-18-14/h5-6,9,11-12,16H,7-8,10H2,1-4H3. The third-order valence-corrected chi connectivity index (χ3v) is 3.69. The number of ether oxygens (including phenoxy) is 2. The molecule has 106 valence electrons. The Hall–Kier alpha value is -1.26. The first-order valence-electron chi connectivity index (χ1n) is 6.91. The Morgan fingerprint density at radius 3 is 2.68 bits per heavy atom. The lowest BCUT2D eigenvalue weighted by Crippen LogP contribution is -2.34. The first-order valence-corrected chi connectivity index (χ1v) is 6.91. The predicted octanol–water partition coefficient (Wildman–Crippen LogP) is 2.41. The Morgan fingerprint density at radius 1 is 1.21 bits per heavy atom. The van der Waals surface area contributed by atoms with Gasteiger partial charge in [-0.25, -0.2) is 0 Å². The molecule has 4 heteroatoms. The number of likely N-dealkylation sites (N-methyl/N-ethyl adjacent to an activating group) is 1. The molecule has 0 amide bonds. The van der Waals surface area contributed by atoms with E-state index in [4.69, 9.17) is 9.47 Å². The molecular weight excluding hydrogens is 240 g/mol. The van der Waals surface area contributed by atoms with Gasteiger partial charge in [0.25, 0.3) is 0 Å². The van der Waals surface area contributed by atoms with Gasteiger partial charge >= 0.3 is 0 Å². The summed E-state index contributed by atoms with van der Waals surface area (Å²) < 4.78 is 10.7. The molecule has 1 aromatic carbocycles. The molecule has 1 heterocycles. The van der Waals surface area contributed by atoms with Crippen LogP contribution in [0.4, 0.5) is 0 Å². The molecule has 0 spiro atoms. The van der Waals surface area contributed by atoms with Crippen LogP contribution in [0.2, 0.25) is 0 Å². The average molecular weight is 264 g/mol. The fourth-order valence-corrected chi connectivity index (χ4v) is 2.02. The van der Waals surface area contributed by atoms with E-state index >= 15 is 0 Å². The second kappa shape index (κ2) is 6.26. The molecule has 4 nitrogen and oxygen atoms in total. The molecule has 1 atom stereocenters. The Labute approximate surface area is 115 Å². The normalized spacial score (nSPS) is 15.3. The summed E-state index contributed by atoms with van der Waals surface area (Å²) in [6.45, 7) is 8.95. The van der Waals surface area contributed by atoms with Crippen LogP contribution >= 0.6 is 0 Å². The molecule has 0 bridgehead atoms. The van der Waals surface area contributed by atoms with Crippen molar-refractivity contribution < 1.29 is 9.47 Å². The van der Waals surface area contributed by atoms with Crippen LogP contribution in [0.1, 0.15) is 32.4 Å². The number of nitrogens with one attached hydrogen (secondary N) is 1. The van der Waals surface area contributed by atoms with E-state index in [9.17, 15) is 0 Å². The van der Waals surface area contributed by atoms with Gasteiger partial charge in [-0.1, -0.05) is 6.07 Å². The second-order valence-corrected chi connectivity index (χ2v) is 5.36. The number of hydrogen-bond acceptors (Lipinski definition) is 4. The smallest absolute Gasteiger partial charge is 0.231 e. The van der Waals surface area contributed by atoms with Crippen molar-refractivity contribution in [2.45, 2.75) is 32.9 Å². The maximum Gasteiger partial charge on any atom is 0.231 e. The van der Waals surface area contributed by atoms with Crippen molar-refractivity contribution in [1.29, 1.82) is 0 Å². The number of benzene rings is 1. The van der Waals surface area contributed by atoms with Crippen molar-refractivity contribution in [3.05, 3.63) is 23.8 Å². The first-order chi connectivity index (χ1) is 9.08. The molecule has 19 heavy (non-hydrogen) atoms. The Kier molecular flexibility index (Phi) is 4.66. The minimum atomic E-state index is 0.315. The van der Waals surface area contributed by atoms with Gasteiger partial charge in [-0.15, -0.1) is 0 Å². The largest absolute Gasteiger partial charge is 0.454 e. The maximum atomic E-state index is 5.41. The summed E-state index contributed by atoms with van der Waals surface area (Å²) in [5, 5.41) is 3.54. The summed E-state index contributed by atoms with van der Waals surface area (Å²) in [6.07, 6.45) is 0. The molecular formula is C15H24N2O2. The van der Waals surface area contributed by atoms with Crippen LogP contribution in [0.25, 0.3) is 0 Å². The van der Waals surface area contributed by atoms with Gasteiger partial charge in [-0.2, -0.15) is 0 Å². The minimum Gasteiger partial charge on any atom is -0.454 e. The summed E-state index contributed by atoms with van der Waals surface area (Å²) in [5.41, 5.74) is 1.23. The van der Waals surface area contributed by atoms with Crippen LogP contribution in [0.3, 0.4) is 0 Å². The quantitative estimate of drug-likeness (QED) is 0.855. The molecule has 0 saturated carbocycles. The van der Waals surface area contributed by atoms with Crippen molar-refractivity contribution in [1.82, 2.24) is 10.2 Å². The first kappa shape index (κ1) is 14.2. The van der Waals surface area contributed by atoms with E-state index in [-0.39, 0.29) is 0 Å². The van der Waals surface area contributed by atoms with Crippen LogP contribution in [-0.2, 0) is 0 Å². The van der Waals surface area contributed by atoms with Gasteiger partial charge < -0.3 is 19.7 Å². The summed E-state index contributed by atoms with van der Waals surface area (Å²) >= 11 is 0.